The molecule has 7 nitrogen and oxygen atoms in total. The Balaban J connectivity index is 1.91. The van der Waals surface area contributed by atoms with Gasteiger partial charge in [0.15, 0.2) is 9.84 Å². The maximum absolute atomic E-state index is 11.6. The van der Waals surface area contributed by atoms with E-state index in [0.29, 0.717) is 47.3 Å². The Hall–Kier alpha value is -1.68. The first kappa shape index (κ1) is 20.1. The highest BCUT2D eigenvalue weighted by Crippen LogP contribution is 2.20. The lowest BCUT2D eigenvalue weighted by Crippen LogP contribution is -2.42. The summed E-state index contributed by atoms with van der Waals surface area (Å²) in [4.78, 5) is 1.98. The SMILES string of the molecule is O=S1(=O)CCN(Cc2cccc(-c3ccc(B(O)O)cc3)c2B(O)O)CC1. The summed E-state index contributed by atoms with van der Waals surface area (Å²) >= 11 is 0. The van der Waals surface area contributed by atoms with Crippen LogP contribution in [-0.2, 0) is 16.4 Å². The van der Waals surface area contributed by atoms with E-state index in [-0.39, 0.29) is 11.5 Å². The Kier molecular flexibility index (Phi) is 6.05. The van der Waals surface area contributed by atoms with Gasteiger partial charge in [-0.3, -0.25) is 4.90 Å². The van der Waals surface area contributed by atoms with Crippen molar-refractivity contribution in [1.82, 2.24) is 4.90 Å². The lowest BCUT2D eigenvalue weighted by Gasteiger charge is -2.28. The molecular formula is C17H21B2NO6S. The molecule has 1 saturated heterocycles. The zero-order valence-electron chi connectivity index (χ0n) is 14.7. The third-order valence-electron chi connectivity index (χ3n) is 4.81. The zero-order chi connectivity index (χ0) is 19.6. The predicted molar refractivity (Wildman–Crippen MR) is 105 cm³/mol. The lowest BCUT2D eigenvalue weighted by atomic mass is 9.71. The van der Waals surface area contributed by atoms with E-state index in [1.165, 1.54) is 0 Å². The third kappa shape index (κ3) is 4.78. The van der Waals surface area contributed by atoms with Crippen molar-refractivity contribution in [1.29, 1.82) is 0 Å². The summed E-state index contributed by atoms with van der Waals surface area (Å²) in [5.74, 6) is 0.212. The summed E-state index contributed by atoms with van der Waals surface area (Å²) in [5, 5.41) is 38.4. The topological polar surface area (TPSA) is 118 Å². The molecule has 10 heteroatoms. The second-order valence-corrected chi connectivity index (χ2v) is 8.98. The van der Waals surface area contributed by atoms with Gasteiger partial charge in [0, 0.05) is 19.6 Å². The van der Waals surface area contributed by atoms with Gasteiger partial charge in [-0.25, -0.2) is 8.42 Å². The van der Waals surface area contributed by atoms with Crippen molar-refractivity contribution in [2.75, 3.05) is 24.6 Å². The highest BCUT2D eigenvalue weighted by Gasteiger charge is 2.26. The van der Waals surface area contributed by atoms with Gasteiger partial charge in [-0.2, -0.15) is 0 Å². The van der Waals surface area contributed by atoms with E-state index in [1.807, 2.05) is 11.0 Å². The average molecular weight is 389 g/mol. The predicted octanol–water partition coefficient (Wildman–Crippen LogP) is -2.06. The second kappa shape index (κ2) is 8.14. The molecule has 1 aliphatic heterocycles. The molecule has 0 saturated carbocycles. The molecule has 0 atom stereocenters. The molecule has 0 aromatic heterocycles. The molecule has 0 amide bonds. The van der Waals surface area contributed by atoms with Crippen molar-refractivity contribution in [3.05, 3.63) is 48.0 Å². The van der Waals surface area contributed by atoms with Crippen LogP contribution in [0.1, 0.15) is 5.56 Å². The van der Waals surface area contributed by atoms with Crippen molar-refractivity contribution in [2.45, 2.75) is 6.54 Å². The molecule has 3 rings (SSSR count). The molecule has 2 aromatic carbocycles. The summed E-state index contributed by atoms with van der Waals surface area (Å²) in [6.45, 7) is 1.25. The molecule has 4 N–H and O–H groups in total. The van der Waals surface area contributed by atoms with Gasteiger partial charge in [-0.15, -0.1) is 0 Å². The van der Waals surface area contributed by atoms with E-state index in [9.17, 15) is 28.5 Å². The minimum atomic E-state index is -2.98. The quantitative estimate of drug-likeness (QED) is 0.435. The van der Waals surface area contributed by atoms with Crippen LogP contribution < -0.4 is 10.9 Å². The fourth-order valence-corrected chi connectivity index (χ4v) is 4.57. The molecular weight excluding hydrogens is 368 g/mol. The Bertz CT molecular complexity index is 888. The summed E-state index contributed by atoms with van der Waals surface area (Å²) in [7, 11) is -6.23. The Labute approximate surface area is 159 Å². The van der Waals surface area contributed by atoms with Gasteiger partial charge in [-0.1, -0.05) is 42.5 Å². The van der Waals surface area contributed by atoms with E-state index in [0.717, 1.165) is 0 Å². The van der Waals surface area contributed by atoms with Crippen LogP contribution in [0.2, 0.25) is 0 Å². The van der Waals surface area contributed by atoms with E-state index < -0.39 is 24.1 Å². The van der Waals surface area contributed by atoms with Crippen LogP contribution >= 0.6 is 0 Å². The number of hydrogen-bond acceptors (Lipinski definition) is 7. The Morgan fingerprint density at radius 3 is 2.07 bits per heavy atom. The molecule has 0 bridgehead atoms. The van der Waals surface area contributed by atoms with Crippen LogP contribution in [0.3, 0.4) is 0 Å². The van der Waals surface area contributed by atoms with Gasteiger partial charge in [0.05, 0.1) is 11.5 Å². The molecule has 27 heavy (non-hydrogen) atoms. The summed E-state index contributed by atoms with van der Waals surface area (Å²) in [5.41, 5.74) is 2.77. The van der Waals surface area contributed by atoms with Gasteiger partial charge >= 0.3 is 14.2 Å². The zero-order valence-corrected chi connectivity index (χ0v) is 15.5. The van der Waals surface area contributed by atoms with E-state index >= 15 is 0 Å². The molecule has 1 heterocycles. The Morgan fingerprint density at radius 1 is 0.889 bits per heavy atom. The minimum absolute atomic E-state index is 0.106. The van der Waals surface area contributed by atoms with Crippen molar-refractivity contribution in [3.63, 3.8) is 0 Å². The fraction of sp³-hybridized carbons (Fsp3) is 0.294. The Morgan fingerprint density at radius 2 is 1.52 bits per heavy atom. The fourth-order valence-electron chi connectivity index (χ4n) is 3.29. The first-order chi connectivity index (χ1) is 12.8. The largest absolute Gasteiger partial charge is 0.489 e. The molecule has 0 aliphatic carbocycles. The van der Waals surface area contributed by atoms with Crippen LogP contribution in [0, 0.1) is 0 Å². The molecule has 142 valence electrons. The number of hydrogen-bond donors (Lipinski definition) is 4. The van der Waals surface area contributed by atoms with E-state index in [2.05, 4.69) is 0 Å². The van der Waals surface area contributed by atoms with Gasteiger partial charge in [-0.05, 0) is 27.6 Å². The molecule has 1 fully saturated rings. The van der Waals surface area contributed by atoms with Crippen LogP contribution in [0.25, 0.3) is 11.1 Å². The highest BCUT2D eigenvalue weighted by molar-refractivity contribution is 7.91. The third-order valence-corrected chi connectivity index (χ3v) is 6.41. The maximum Gasteiger partial charge on any atom is 0.489 e. The average Bonchev–Trinajstić information content (AvgIpc) is 2.63. The van der Waals surface area contributed by atoms with E-state index in [1.54, 1.807) is 36.4 Å². The van der Waals surface area contributed by atoms with Gasteiger partial charge in [0.1, 0.15) is 0 Å². The highest BCUT2D eigenvalue weighted by atomic mass is 32.2. The number of rotatable bonds is 5. The van der Waals surface area contributed by atoms with Crippen molar-refractivity contribution in [2.24, 2.45) is 0 Å². The minimum Gasteiger partial charge on any atom is -0.423 e. The number of benzene rings is 2. The number of sulfone groups is 1. The van der Waals surface area contributed by atoms with Crippen molar-refractivity contribution in [3.8, 4) is 11.1 Å². The first-order valence-corrected chi connectivity index (χ1v) is 10.5. The van der Waals surface area contributed by atoms with Crippen LogP contribution in [0.4, 0.5) is 0 Å². The van der Waals surface area contributed by atoms with E-state index in [4.69, 9.17) is 0 Å². The van der Waals surface area contributed by atoms with Crippen molar-refractivity contribution < 1.29 is 28.5 Å². The first-order valence-electron chi connectivity index (χ1n) is 8.64. The smallest absolute Gasteiger partial charge is 0.423 e. The molecule has 0 unspecified atom stereocenters. The summed E-state index contributed by atoms with van der Waals surface area (Å²) in [6, 6.07) is 11.9. The molecule has 0 radical (unpaired) electrons. The molecule has 1 aliphatic rings. The molecule has 0 spiro atoms. The van der Waals surface area contributed by atoms with Crippen LogP contribution in [-0.4, -0.2) is 72.2 Å². The monoisotopic (exact) mass is 389 g/mol. The van der Waals surface area contributed by atoms with Gasteiger partial charge < -0.3 is 20.1 Å². The van der Waals surface area contributed by atoms with Crippen LogP contribution in [0.5, 0.6) is 0 Å². The lowest BCUT2D eigenvalue weighted by molar-refractivity contribution is 0.288. The standard InChI is InChI=1S/C17H21B2NO6S/c21-18(22)15-6-4-13(5-7-15)16-3-1-2-14(17(16)19(23)24)12-20-8-10-27(25,26)11-9-20/h1-7,21-24H,8-12H2. The normalized spacial score (nSPS) is 16.9. The number of nitrogens with zero attached hydrogens (tertiary/aromatic N) is 1. The van der Waals surface area contributed by atoms with Gasteiger partial charge in [0.2, 0.25) is 0 Å². The van der Waals surface area contributed by atoms with Crippen molar-refractivity contribution >= 4 is 35.0 Å². The second-order valence-electron chi connectivity index (χ2n) is 6.68. The summed E-state index contributed by atoms with van der Waals surface area (Å²) < 4.78 is 23.2. The van der Waals surface area contributed by atoms with Crippen LogP contribution in [0.15, 0.2) is 42.5 Å². The molecule has 2 aromatic rings. The summed E-state index contributed by atoms with van der Waals surface area (Å²) in [6.07, 6.45) is 0. The maximum atomic E-state index is 11.6. The van der Waals surface area contributed by atoms with Gasteiger partial charge in [0.25, 0.3) is 0 Å².